The van der Waals surface area contributed by atoms with E-state index >= 15 is 0 Å². The Labute approximate surface area is 220 Å². The first-order valence-electron chi connectivity index (χ1n) is 12.8. The number of H-pyrrole nitrogens is 2. The minimum Gasteiger partial charge on any atom is -0.480 e. The molecule has 0 aliphatic carbocycles. The monoisotopic (exact) mass is 518 g/mol. The van der Waals surface area contributed by atoms with Crippen molar-refractivity contribution in [3.63, 3.8) is 0 Å². The highest BCUT2D eigenvalue weighted by Gasteiger charge is 2.28. The van der Waals surface area contributed by atoms with Crippen molar-refractivity contribution in [3.05, 3.63) is 72.1 Å². The van der Waals surface area contributed by atoms with Crippen LogP contribution in [0.25, 0.3) is 21.8 Å². The van der Waals surface area contributed by atoms with Crippen molar-refractivity contribution < 1.29 is 19.5 Å². The highest BCUT2D eigenvalue weighted by Crippen LogP contribution is 2.20. The quantitative estimate of drug-likeness (QED) is 0.133. The van der Waals surface area contributed by atoms with Crippen molar-refractivity contribution in [1.29, 1.82) is 0 Å². The number of carbonyl (C=O) groups excluding carboxylic acids is 2. The van der Waals surface area contributed by atoms with Crippen LogP contribution < -0.4 is 22.1 Å². The van der Waals surface area contributed by atoms with Gasteiger partial charge in [-0.3, -0.25) is 9.59 Å². The van der Waals surface area contributed by atoms with E-state index in [1.54, 1.807) is 6.20 Å². The van der Waals surface area contributed by atoms with Gasteiger partial charge in [-0.25, -0.2) is 4.79 Å². The molecule has 3 atom stereocenters. The zero-order chi connectivity index (χ0) is 27.1. The topological polar surface area (TPSA) is 179 Å². The first-order valence-corrected chi connectivity index (χ1v) is 12.8. The molecule has 0 saturated heterocycles. The predicted molar refractivity (Wildman–Crippen MR) is 146 cm³/mol. The number of carbonyl (C=O) groups is 3. The molecule has 2 aromatic carbocycles. The number of hydrogen-bond donors (Lipinski definition) is 7. The minimum atomic E-state index is -1.17. The number of fused-ring (bicyclic) bond motifs is 2. The molecule has 0 radical (unpaired) electrons. The number of aromatic amines is 2. The van der Waals surface area contributed by atoms with Gasteiger partial charge < -0.3 is 37.2 Å². The fourth-order valence-corrected chi connectivity index (χ4v) is 4.66. The van der Waals surface area contributed by atoms with Gasteiger partial charge >= 0.3 is 5.97 Å². The second-order valence-corrected chi connectivity index (χ2v) is 9.48. The molecular weight excluding hydrogens is 484 g/mol. The Morgan fingerprint density at radius 1 is 0.789 bits per heavy atom. The van der Waals surface area contributed by atoms with Crippen molar-refractivity contribution in [3.8, 4) is 0 Å². The van der Waals surface area contributed by atoms with Gasteiger partial charge in [0.2, 0.25) is 11.8 Å². The molecule has 9 N–H and O–H groups in total. The molecule has 0 aliphatic rings. The highest BCUT2D eigenvalue weighted by atomic mass is 16.4. The third-order valence-corrected chi connectivity index (χ3v) is 6.74. The molecule has 2 heterocycles. The summed E-state index contributed by atoms with van der Waals surface area (Å²) in [5.41, 5.74) is 15.3. The van der Waals surface area contributed by atoms with E-state index in [0.717, 1.165) is 32.9 Å². The Kier molecular flexibility index (Phi) is 8.77. The van der Waals surface area contributed by atoms with Crippen LogP contribution in [0.1, 0.15) is 30.4 Å². The normalized spacial score (nSPS) is 13.7. The number of amides is 2. The van der Waals surface area contributed by atoms with Gasteiger partial charge in [-0.1, -0.05) is 36.4 Å². The predicted octanol–water partition coefficient (Wildman–Crippen LogP) is 1.94. The Morgan fingerprint density at radius 3 is 1.92 bits per heavy atom. The van der Waals surface area contributed by atoms with Crippen LogP contribution >= 0.6 is 0 Å². The molecule has 3 unspecified atom stereocenters. The Bertz CT molecular complexity index is 1410. The van der Waals surface area contributed by atoms with Gasteiger partial charge in [-0.05, 0) is 55.5 Å². The van der Waals surface area contributed by atoms with E-state index in [1.165, 1.54) is 0 Å². The summed E-state index contributed by atoms with van der Waals surface area (Å²) >= 11 is 0. The summed E-state index contributed by atoms with van der Waals surface area (Å²) in [6.45, 7) is 0.445. The molecule has 2 aromatic heterocycles. The molecule has 0 bridgehead atoms. The smallest absolute Gasteiger partial charge is 0.326 e. The van der Waals surface area contributed by atoms with Crippen molar-refractivity contribution in [2.75, 3.05) is 6.54 Å². The summed E-state index contributed by atoms with van der Waals surface area (Å²) in [6.07, 6.45) is 5.52. The van der Waals surface area contributed by atoms with Crippen LogP contribution in [-0.2, 0) is 27.2 Å². The standard InChI is InChI=1S/C28H34N6O4/c29-12-6-5-11-24(33-26(35)21(30)13-17-15-31-22-9-3-1-7-19(17)22)27(36)34-25(28(37)38)14-18-16-32-23-10-4-2-8-20(18)23/h1-4,7-10,15-16,21,24-25,31-32H,5-6,11-14,29-30H2,(H,33,35)(H,34,36)(H,37,38). The van der Waals surface area contributed by atoms with E-state index in [9.17, 15) is 19.5 Å². The molecule has 4 rings (SSSR count). The van der Waals surface area contributed by atoms with E-state index in [4.69, 9.17) is 11.5 Å². The summed E-state index contributed by atoms with van der Waals surface area (Å²) in [4.78, 5) is 44.6. The lowest BCUT2D eigenvalue weighted by Crippen LogP contribution is -2.55. The molecule has 0 saturated carbocycles. The first kappa shape index (κ1) is 26.9. The first-order chi connectivity index (χ1) is 18.4. The van der Waals surface area contributed by atoms with E-state index in [1.807, 2.05) is 54.7 Å². The third kappa shape index (κ3) is 6.39. The molecule has 10 heteroatoms. The zero-order valence-electron chi connectivity index (χ0n) is 21.1. The number of carboxylic acid groups (broad SMARTS) is 1. The average molecular weight is 519 g/mol. The maximum atomic E-state index is 13.2. The maximum absolute atomic E-state index is 13.2. The second kappa shape index (κ2) is 12.4. The summed E-state index contributed by atoms with van der Waals surface area (Å²) in [5, 5.41) is 17.1. The van der Waals surface area contributed by atoms with Crippen molar-refractivity contribution in [2.24, 2.45) is 11.5 Å². The Balaban J connectivity index is 1.43. The highest BCUT2D eigenvalue weighted by molar-refractivity contribution is 5.93. The van der Waals surface area contributed by atoms with Crippen molar-refractivity contribution in [2.45, 2.75) is 50.2 Å². The SMILES string of the molecule is NCCCCC(NC(=O)C(N)Cc1c[nH]c2ccccc12)C(=O)NC(Cc1c[nH]c2ccccc12)C(=O)O. The lowest BCUT2D eigenvalue weighted by atomic mass is 10.0. The molecule has 200 valence electrons. The van der Waals surface area contributed by atoms with Crippen molar-refractivity contribution in [1.82, 2.24) is 20.6 Å². The van der Waals surface area contributed by atoms with Gasteiger partial charge in [0.05, 0.1) is 6.04 Å². The van der Waals surface area contributed by atoms with Gasteiger partial charge in [0, 0.05) is 40.6 Å². The minimum absolute atomic E-state index is 0.0919. The van der Waals surface area contributed by atoms with Gasteiger partial charge in [0.25, 0.3) is 0 Å². The zero-order valence-corrected chi connectivity index (χ0v) is 21.1. The third-order valence-electron chi connectivity index (χ3n) is 6.74. The van der Waals surface area contributed by atoms with Crippen LogP contribution in [0.3, 0.4) is 0 Å². The van der Waals surface area contributed by atoms with E-state index in [0.29, 0.717) is 25.8 Å². The van der Waals surface area contributed by atoms with Crippen molar-refractivity contribution >= 4 is 39.6 Å². The average Bonchev–Trinajstić information content (AvgIpc) is 3.51. The number of aliphatic carboxylic acids is 1. The number of carboxylic acids is 1. The maximum Gasteiger partial charge on any atom is 0.326 e. The van der Waals surface area contributed by atoms with Gasteiger partial charge in [-0.15, -0.1) is 0 Å². The summed E-state index contributed by atoms with van der Waals surface area (Å²) < 4.78 is 0. The van der Waals surface area contributed by atoms with E-state index in [2.05, 4.69) is 20.6 Å². The number of benzene rings is 2. The summed E-state index contributed by atoms with van der Waals surface area (Å²) in [5.74, 6) is -2.21. The van der Waals surface area contributed by atoms with Crippen LogP contribution in [-0.4, -0.2) is 57.5 Å². The number of hydrogen-bond acceptors (Lipinski definition) is 5. The van der Waals surface area contributed by atoms with Crippen LogP contribution in [0.5, 0.6) is 0 Å². The number of unbranched alkanes of at least 4 members (excludes halogenated alkanes) is 1. The Hall–Kier alpha value is -4.15. The van der Waals surface area contributed by atoms with E-state index < -0.39 is 35.9 Å². The van der Waals surface area contributed by atoms with Crippen LogP contribution in [0.2, 0.25) is 0 Å². The van der Waals surface area contributed by atoms with Gasteiger partial charge in [0.15, 0.2) is 0 Å². The second-order valence-electron chi connectivity index (χ2n) is 9.48. The Morgan fingerprint density at radius 2 is 1.34 bits per heavy atom. The molecule has 0 fully saturated rings. The largest absolute Gasteiger partial charge is 0.480 e. The lowest BCUT2D eigenvalue weighted by Gasteiger charge is -2.23. The van der Waals surface area contributed by atoms with E-state index in [-0.39, 0.29) is 12.8 Å². The molecule has 4 aromatic rings. The van der Waals surface area contributed by atoms with Gasteiger partial charge in [0.1, 0.15) is 12.1 Å². The van der Waals surface area contributed by atoms with Crippen LogP contribution in [0.4, 0.5) is 0 Å². The number of para-hydroxylation sites is 2. The van der Waals surface area contributed by atoms with Crippen LogP contribution in [0, 0.1) is 0 Å². The molecular formula is C28H34N6O4. The number of nitrogens with two attached hydrogens (primary N) is 2. The number of aromatic nitrogens is 2. The molecule has 0 spiro atoms. The summed E-state index contributed by atoms with van der Waals surface area (Å²) in [7, 11) is 0. The fourth-order valence-electron chi connectivity index (χ4n) is 4.66. The number of nitrogens with one attached hydrogen (secondary N) is 4. The molecule has 0 aliphatic heterocycles. The lowest BCUT2D eigenvalue weighted by molar-refractivity contribution is -0.142. The van der Waals surface area contributed by atoms with Gasteiger partial charge in [-0.2, -0.15) is 0 Å². The summed E-state index contributed by atoms with van der Waals surface area (Å²) in [6, 6.07) is 12.3. The number of rotatable bonds is 13. The molecule has 38 heavy (non-hydrogen) atoms. The molecule has 10 nitrogen and oxygen atoms in total. The molecule has 2 amide bonds. The fraction of sp³-hybridized carbons (Fsp3) is 0.321. The van der Waals surface area contributed by atoms with Crippen LogP contribution in [0.15, 0.2) is 60.9 Å².